The first-order valence-corrected chi connectivity index (χ1v) is 13.2. The number of likely N-dealkylation sites (tertiary alicyclic amines) is 1. The Balaban J connectivity index is 1.44. The number of allylic oxidation sites excluding steroid dienone is 2. The molecule has 0 spiro atoms. The highest BCUT2D eigenvalue weighted by Crippen LogP contribution is 2.30. The molecule has 2 heterocycles. The summed E-state index contributed by atoms with van der Waals surface area (Å²) in [6.07, 6.45) is 7.35. The fourth-order valence-electron chi connectivity index (χ4n) is 5.20. The van der Waals surface area contributed by atoms with Crippen molar-refractivity contribution in [1.82, 2.24) is 20.4 Å². The number of phenolic OH excluding ortho intramolecular Hbond substituents is 1. The maximum absolute atomic E-state index is 12.8. The molecule has 2 fully saturated rings. The highest BCUT2D eigenvalue weighted by atomic mass is 32.1. The number of carbonyl (C=O) groups excluding carboxylic acids is 1. The van der Waals surface area contributed by atoms with Gasteiger partial charge in [-0.1, -0.05) is 36.4 Å². The van der Waals surface area contributed by atoms with Crippen LogP contribution in [0.1, 0.15) is 49.8 Å². The Bertz CT molecular complexity index is 1120. The number of urea groups is 1. The number of hydrogen-bond donors (Lipinski definition) is 3. The average Bonchev–Trinajstić information content (AvgIpc) is 3.26. The number of nitrogens with one attached hydrogen (secondary N) is 2. The Morgan fingerprint density at radius 3 is 2.38 bits per heavy atom. The van der Waals surface area contributed by atoms with Gasteiger partial charge in [0.05, 0.1) is 19.2 Å². The third kappa shape index (κ3) is 6.07. The van der Waals surface area contributed by atoms with Crippen LogP contribution in [0.2, 0.25) is 0 Å². The normalized spacial score (nSPS) is 20.0. The molecule has 2 saturated heterocycles. The van der Waals surface area contributed by atoms with E-state index in [9.17, 15) is 9.90 Å². The number of ether oxygens (including phenoxy) is 1. The predicted molar refractivity (Wildman–Crippen MR) is 151 cm³/mol. The van der Waals surface area contributed by atoms with Crippen molar-refractivity contribution in [2.24, 2.45) is 0 Å². The molecule has 0 bridgehead atoms. The zero-order valence-electron chi connectivity index (χ0n) is 21.5. The highest BCUT2D eigenvalue weighted by molar-refractivity contribution is 7.80. The Hall–Kier alpha value is -3.52. The number of thiocarbonyl (C=S) groups is 1. The molecule has 0 saturated carbocycles. The number of rotatable bonds is 8. The van der Waals surface area contributed by atoms with Gasteiger partial charge >= 0.3 is 6.03 Å². The standard InChI is InChI=1S/C29H36N4O3S/c1-4-6-7-26-25(5-2)30-28(35)33(26)22-16-18-32(19-17-22)29(37)31-27(20-8-12-23(34)13-9-20)21-10-14-24(36-3)15-11-21/h4-5,8-15,22,26-27,34H,1,6-7,16-19H2,2-3H3,(H,30,35)(H,31,37)/b25-5+. The van der Waals surface area contributed by atoms with E-state index in [0.717, 1.165) is 61.3 Å². The second-order valence-electron chi connectivity index (χ2n) is 9.43. The predicted octanol–water partition coefficient (Wildman–Crippen LogP) is 5.09. The average molecular weight is 521 g/mol. The Morgan fingerprint density at radius 2 is 1.81 bits per heavy atom. The van der Waals surface area contributed by atoms with Crippen molar-refractivity contribution >= 4 is 23.4 Å². The smallest absolute Gasteiger partial charge is 0.322 e. The fourth-order valence-corrected chi connectivity index (χ4v) is 5.50. The van der Waals surface area contributed by atoms with E-state index in [-0.39, 0.29) is 29.9 Å². The largest absolute Gasteiger partial charge is 0.508 e. The van der Waals surface area contributed by atoms with Crippen LogP contribution >= 0.6 is 12.2 Å². The number of hydrogen-bond acceptors (Lipinski definition) is 4. The van der Waals surface area contributed by atoms with Gasteiger partial charge in [-0.05, 0) is 80.2 Å². The minimum atomic E-state index is -0.179. The molecule has 8 heteroatoms. The zero-order valence-corrected chi connectivity index (χ0v) is 22.3. The Kier molecular flexibility index (Phi) is 8.71. The van der Waals surface area contributed by atoms with Crippen LogP contribution in [-0.4, -0.2) is 58.3 Å². The molecule has 2 aliphatic rings. The molecule has 2 unspecified atom stereocenters. The quantitative estimate of drug-likeness (QED) is 0.332. The van der Waals surface area contributed by atoms with Crippen LogP contribution < -0.4 is 15.4 Å². The summed E-state index contributed by atoms with van der Waals surface area (Å²) in [6.45, 7) is 7.36. The SMILES string of the molecule is C=CCCC1/C(=C\C)NC(=O)N1C1CCN(C(=S)NC(c2ccc(O)cc2)c2ccc(OC)cc2)CC1. The van der Waals surface area contributed by atoms with Crippen molar-refractivity contribution in [1.29, 1.82) is 0 Å². The first-order valence-electron chi connectivity index (χ1n) is 12.8. The molecule has 7 nitrogen and oxygen atoms in total. The van der Waals surface area contributed by atoms with Gasteiger partial charge in [0, 0.05) is 24.8 Å². The number of methoxy groups -OCH3 is 1. The van der Waals surface area contributed by atoms with Gasteiger partial charge in [0.2, 0.25) is 0 Å². The summed E-state index contributed by atoms with van der Waals surface area (Å²) in [5.74, 6) is 1.01. The second kappa shape index (κ2) is 12.1. The number of aromatic hydroxyl groups is 1. The number of benzene rings is 2. The minimum absolute atomic E-state index is 0.00628. The van der Waals surface area contributed by atoms with Crippen molar-refractivity contribution in [2.75, 3.05) is 20.2 Å². The van der Waals surface area contributed by atoms with Gasteiger partial charge in [0.25, 0.3) is 0 Å². The molecule has 0 radical (unpaired) electrons. The van der Waals surface area contributed by atoms with Crippen LogP contribution in [0.15, 0.2) is 73.0 Å². The number of nitrogens with zero attached hydrogens (tertiary/aromatic N) is 2. The molecule has 2 aliphatic heterocycles. The van der Waals surface area contributed by atoms with Gasteiger partial charge < -0.3 is 30.3 Å². The molecule has 3 N–H and O–H groups in total. The highest BCUT2D eigenvalue weighted by Gasteiger charge is 2.40. The van der Waals surface area contributed by atoms with Gasteiger partial charge in [-0.2, -0.15) is 0 Å². The third-order valence-corrected chi connectivity index (χ3v) is 7.60. The summed E-state index contributed by atoms with van der Waals surface area (Å²) >= 11 is 5.87. The minimum Gasteiger partial charge on any atom is -0.508 e. The maximum Gasteiger partial charge on any atom is 0.322 e. The van der Waals surface area contributed by atoms with E-state index >= 15 is 0 Å². The summed E-state index contributed by atoms with van der Waals surface area (Å²) in [5, 5.41) is 17.1. The molecular formula is C29H36N4O3S. The molecule has 2 aromatic carbocycles. The van der Waals surface area contributed by atoms with E-state index in [0.29, 0.717) is 5.11 Å². The number of phenols is 1. The van der Waals surface area contributed by atoms with Gasteiger partial charge in [0.15, 0.2) is 5.11 Å². The van der Waals surface area contributed by atoms with Gasteiger partial charge in [-0.25, -0.2) is 4.79 Å². The van der Waals surface area contributed by atoms with Crippen molar-refractivity contribution in [3.05, 3.63) is 84.1 Å². The van der Waals surface area contributed by atoms with Gasteiger partial charge in [-0.15, -0.1) is 6.58 Å². The van der Waals surface area contributed by atoms with Crippen molar-refractivity contribution in [2.45, 2.75) is 50.7 Å². The molecule has 0 aliphatic carbocycles. The lowest BCUT2D eigenvalue weighted by atomic mass is 9.98. The van der Waals surface area contributed by atoms with Crippen molar-refractivity contribution < 1.29 is 14.6 Å². The molecular weight excluding hydrogens is 484 g/mol. The Morgan fingerprint density at radius 1 is 1.19 bits per heavy atom. The molecule has 196 valence electrons. The first kappa shape index (κ1) is 26.5. The third-order valence-electron chi connectivity index (χ3n) is 7.22. The number of piperidine rings is 1. The van der Waals surface area contributed by atoms with E-state index in [1.807, 2.05) is 60.4 Å². The van der Waals surface area contributed by atoms with Crippen molar-refractivity contribution in [3.8, 4) is 11.5 Å². The topological polar surface area (TPSA) is 77.1 Å². The van der Waals surface area contributed by atoms with Crippen LogP contribution in [0.4, 0.5) is 4.79 Å². The monoisotopic (exact) mass is 520 g/mol. The van der Waals surface area contributed by atoms with Gasteiger partial charge in [0.1, 0.15) is 11.5 Å². The molecule has 2 aromatic rings. The van der Waals surface area contributed by atoms with E-state index in [1.54, 1.807) is 19.2 Å². The Labute approximate surface area is 224 Å². The van der Waals surface area contributed by atoms with E-state index < -0.39 is 0 Å². The summed E-state index contributed by atoms with van der Waals surface area (Å²) in [4.78, 5) is 17.0. The fraction of sp³-hybridized carbons (Fsp3) is 0.379. The van der Waals surface area contributed by atoms with Crippen LogP contribution in [0.25, 0.3) is 0 Å². The lowest BCUT2D eigenvalue weighted by molar-refractivity contribution is 0.139. The van der Waals surface area contributed by atoms with Crippen LogP contribution in [0.5, 0.6) is 11.5 Å². The van der Waals surface area contributed by atoms with E-state index in [1.165, 1.54) is 0 Å². The summed E-state index contributed by atoms with van der Waals surface area (Å²) < 4.78 is 5.32. The number of amides is 2. The second-order valence-corrected chi connectivity index (χ2v) is 9.82. The zero-order chi connectivity index (χ0) is 26.4. The molecule has 4 rings (SSSR count). The molecule has 2 amide bonds. The molecule has 2 atom stereocenters. The summed E-state index contributed by atoms with van der Waals surface area (Å²) in [7, 11) is 1.65. The first-order chi connectivity index (χ1) is 17.9. The lowest BCUT2D eigenvalue weighted by Gasteiger charge is -2.40. The maximum atomic E-state index is 12.8. The number of carbonyl (C=O) groups is 1. The summed E-state index contributed by atoms with van der Waals surface area (Å²) in [5.41, 5.74) is 3.03. The van der Waals surface area contributed by atoms with E-state index in [4.69, 9.17) is 17.0 Å². The van der Waals surface area contributed by atoms with Crippen LogP contribution in [0.3, 0.4) is 0 Å². The molecule has 37 heavy (non-hydrogen) atoms. The molecule has 0 aromatic heterocycles. The van der Waals surface area contributed by atoms with Crippen molar-refractivity contribution in [3.63, 3.8) is 0 Å². The van der Waals surface area contributed by atoms with Crippen LogP contribution in [-0.2, 0) is 0 Å². The van der Waals surface area contributed by atoms with E-state index in [2.05, 4.69) is 22.1 Å². The lowest BCUT2D eigenvalue weighted by Crippen LogP contribution is -2.52. The summed E-state index contributed by atoms with van der Waals surface area (Å²) in [6, 6.07) is 15.1. The van der Waals surface area contributed by atoms with Gasteiger partial charge in [-0.3, -0.25) is 0 Å². The van der Waals surface area contributed by atoms with Crippen LogP contribution in [0, 0.1) is 0 Å².